The maximum atomic E-state index is 6.51. The van der Waals surface area contributed by atoms with Crippen LogP contribution < -0.4 is 0 Å². The quantitative estimate of drug-likeness (QED) is 0.0922. The summed E-state index contributed by atoms with van der Waals surface area (Å²) in [6.07, 6.45) is 0. The first-order valence-corrected chi connectivity index (χ1v) is 45.9. The zero-order valence-corrected chi connectivity index (χ0v) is 80.1. The molecule has 20 nitrogen and oxygen atoms in total. The van der Waals surface area contributed by atoms with Gasteiger partial charge < -0.3 is 9.05 Å². The first-order chi connectivity index (χ1) is 54.0. The maximum Gasteiger partial charge on any atom is 0.278 e. The molecule has 12 aromatic heterocycles. The van der Waals surface area contributed by atoms with Gasteiger partial charge >= 0.3 is 381 Å². The number of thiophene rings is 2. The Morgan fingerprint density at radius 2 is 0.640 bits per heavy atom. The minimum atomic E-state index is -0.223. The zero-order valence-electron chi connectivity index (χ0n) is 62.7. The standard InChI is InChI=1S/C20H17BrCl2N4OS.C20H17BrCl2N4OSe.C19H15BrCl2N4OS.C19H15BrCl2N4OSe/c2*1-10-16(18-24-19(26-28-18)20(2,3)4)25-27(13-6-5-11(22)9-12(13)23)17(10)14-7-8-15(21)29-14;2*1-9(2)18-23-19(27-25-18)16-10(3)17(14-6-7-15(20)28-14)26(24-16)13-5-4-11(21)8-12(13)22/h2*5-9H,1-4H3;2*4-9H,1-3H3. The second kappa shape index (κ2) is 35.5. The molecule has 0 fully saturated rings. The van der Waals surface area contributed by atoms with Crippen molar-refractivity contribution in [1.29, 1.82) is 0 Å². The Morgan fingerprint density at radius 1 is 0.360 bits per heavy atom. The SMILES string of the molecule is Cc1c(-c2nc(C(C)(C)C)no2)nn(-c2ccc(Cl)cc2Cl)c1-c1ccc(Br)[se]1.Cc1c(-c2nc(C(C)(C)C)no2)nn(-c2ccc(Cl)cc2Cl)c1-c1ccc(Br)s1.Cc1c(-c2nc(C(C)C)no2)nn(-c2ccc(Cl)cc2Cl)c1-c1ccc(Br)[se]1.Cc1c(-c2nc(C(C)C)no2)nn(-c2ccc(Cl)cc2Cl)c1-c1ccc(Br)s1. The van der Waals surface area contributed by atoms with Gasteiger partial charge in [0.05, 0.1) is 50.1 Å². The van der Waals surface area contributed by atoms with Crippen molar-refractivity contribution in [2.45, 2.75) is 120 Å². The Morgan fingerprint density at radius 3 is 0.877 bits per heavy atom. The van der Waals surface area contributed by atoms with Gasteiger partial charge in [0.25, 0.3) is 11.8 Å². The van der Waals surface area contributed by atoms with E-state index in [1.807, 2.05) is 160 Å². The average Bonchev–Trinajstić information content (AvgIpc) is 1.62. The summed E-state index contributed by atoms with van der Waals surface area (Å²) in [4.78, 5) is 20.3. The number of rotatable bonds is 14. The molecule has 0 unspecified atom stereocenters. The van der Waals surface area contributed by atoms with Crippen LogP contribution in [0.5, 0.6) is 0 Å². The van der Waals surface area contributed by atoms with E-state index < -0.39 is 0 Å². The Kier molecular flexibility index (Phi) is 26.7. The van der Waals surface area contributed by atoms with Crippen LogP contribution in [0.15, 0.2) is 154 Å². The van der Waals surface area contributed by atoms with E-state index in [1.165, 1.54) is 15.6 Å². The number of benzene rings is 4. The minimum absolute atomic E-state index is 0.143. The van der Waals surface area contributed by atoms with E-state index >= 15 is 0 Å². The van der Waals surface area contributed by atoms with Crippen LogP contribution in [-0.4, -0.2) is 109 Å². The molecule has 0 bridgehead atoms. The smallest absolute Gasteiger partial charge is 0.278 e. The average molecular weight is 2110 g/mol. The fourth-order valence-electron chi connectivity index (χ4n) is 11.4. The van der Waals surface area contributed by atoms with Crippen LogP contribution in [0.25, 0.3) is 110 Å². The third kappa shape index (κ3) is 18.7. The van der Waals surface area contributed by atoms with Crippen LogP contribution in [0.3, 0.4) is 0 Å². The summed E-state index contributed by atoms with van der Waals surface area (Å²) in [7, 11) is 0. The first-order valence-electron chi connectivity index (χ1n) is 34.6. The number of aromatic nitrogens is 16. The number of halogens is 12. The topological polar surface area (TPSA) is 227 Å². The van der Waals surface area contributed by atoms with Gasteiger partial charge in [-0.15, -0.1) is 22.7 Å². The van der Waals surface area contributed by atoms with Gasteiger partial charge in [-0.05, 0) is 106 Å². The molecule has 0 aliphatic rings. The van der Waals surface area contributed by atoms with Crippen molar-refractivity contribution in [2.75, 3.05) is 0 Å². The second-order valence-electron chi connectivity index (χ2n) is 28.3. The van der Waals surface area contributed by atoms with Gasteiger partial charge in [0.1, 0.15) is 0 Å². The zero-order chi connectivity index (χ0) is 81.8. The molecule has 12 heterocycles. The largest absolute Gasteiger partial charge is 0.332 e. The molecule has 16 rings (SSSR count). The summed E-state index contributed by atoms with van der Waals surface area (Å²) in [5.74, 6) is 4.49. The first kappa shape index (κ1) is 85.8. The summed E-state index contributed by atoms with van der Waals surface area (Å²) in [6.45, 7) is 28.3. The Labute approximate surface area is 749 Å². The third-order valence-corrected chi connectivity index (χ3v) is 28.5. The molecule has 0 aliphatic heterocycles. The van der Waals surface area contributed by atoms with Crippen molar-refractivity contribution in [3.8, 4) is 110 Å². The molecule has 4 aromatic carbocycles. The number of hydrogen-bond donors (Lipinski definition) is 0. The molecule has 0 aliphatic carbocycles. The second-order valence-corrected chi connectivity index (χ2v) is 45.2. The molecule has 0 saturated heterocycles. The van der Waals surface area contributed by atoms with Crippen molar-refractivity contribution in [2.24, 2.45) is 0 Å². The number of hydrogen-bond acceptors (Lipinski definition) is 18. The van der Waals surface area contributed by atoms with Crippen LogP contribution in [0.4, 0.5) is 0 Å². The van der Waals surface area contributed by atoms with E-state index in [0.717, 1.165) is 85.1 Å². The predicted molar refractivity (Wildman–Crippen MR) is 474 cm³/mol. The molecule has 0 amide bonds. The molecule has 588 valence electrons. The van der Waals surface area contributed by atoms with Crippen molar-refractivity contribution in [3.63, 3.8) is 0 Å². The van der Waals surface area contributed by atoms with E-state index in [9.17, 15) is 0 Å². The molecule has 0 N–H and O–H groups in total. The van der Waals surface area contributed by atoms with Gasteiger partial charge in [-0.3, -0.25) is 0 Å². The van der Waals surface area contributed by atoms with Crippen LogP contribution in [-0.2, 0) is 10.8 Å². The molecule has 0 saturated carbocycles. The van der Waals surface area contributed by atoms with Crippen molar-refractivity contribution in [3.05, 3.63) is 221 Å². The van der Waals surface area contributed by atoms with Gasteiger partial charge in [-0.25, -0.2) is 9.36 Å². The van der Waals surface area contributed by atoms with Crippen molar-refractivity contribution < 1.29 is 18.1 Å². The Balaban J connectivity index is 0.000000133. The van der Waals surface area contributed by atoms with Gasteiger partial charge in [0, 0.05) is 32.5 Å². The molecule has 36 heteroatoms. The molecule has 0 spiro atoms. The van der Waals surface area contributed by atoms with E-state index in [0.29, 0.717) is 110 Å². The Bertz CT molecular complexity index is 5860. The van der Waals surface area contributed by atoms with Crippen molar-refractivity contribution in [1.82, 2.24) is 79.7 Å². The van der Waals surface area contributed by atoms with Gasteiger partial charge in [0.15, 0.2) is 23.0 Å². The molecular weight excluding hydrogens is 2050 g/mol. The van der Waals surface area contributed by atoms with E-state index in [2.05, 4.69) is 129 Å². The fraction of sp³-hybridized carbons (Fsp3) is 0.231. The molecule has 0 radical (unpaired) electrons. The normalized spacial score (nSPS) is 11.8. The minimum Gasteiger partial charge on any atom is -0.332 e. The summed E-state index contributed by atoms with van der Waals surface area (Å²) < 4.78 is 36.2. The van der Waals surface area contributed by atoms with E-state index in [4.69, 9.17) is 131 Å². The molecule has 0 atom stereocenters. The van der Waals surface area contributed by atoms with Gasteiger partial charge in [-0.2, -0.15) is 20.2 Å². The van der Waals surface area contributed by atoms with E-state index in [1.54, 1.807) is 75.9 Å². The monoisotopic (exact) mass is 2110 g/mol. The van der Waals surface area contributed by atoms with Gasteiger partial charge in [-0.1, -0.05) is 91.3 Å². The third-order valence-electron chi connectivity index (χ3n) is 17.2. The van der Waals surface area contributed by atoms with Crippen LogP contribution in [0.1, 0.15) is 127 Å². The predicted octanol–water partition coefficient (Wildman–Crippen LogP) is 26.9. The summed E-state index contributed by atoms with van der Waals surface area (Å²) >= 11 is 68.1. The fourth-order valence-corrected chi connectivity index (χ4v) is 21.8. The number of nitrogens with zero attached hydrogens (tertiary/aromatic N) is 16. The molecule has 16 aromatic rings. The van der Waals surface area contributed by atoms with Crippen LogP contribution >= 0.6 is 179 Å². The van der Waals surface area contributed by atoms with Crippen LogP contribution in [0.2, 0.25) is 40.2 Å². The Hall–Kier alpha value is -6.08. The summed E-state index contributed by atoms with van der Waals surface area (Å²) in [6, 6.07) is 37.9. The summed E-state index contributed by atoms with van der Waals surface area (Å²) in [5, 5.41) is 40.0. The summed E-state index contributed by atoms with van der Waals surface area (Å²) in [5.41, 5.74) is 12.6. The maximum absolute atomic E-state index is 6.51. The molecular formula is C78H64Br4Cl8N16O4S2Se2. The van der Waals surface area contributed by atoms with Gasteiger partial charge in [0.2, 0.25) is 0 Å². The molecule has 114 heavy (non-hydrogen) atoms. The van der Waals surface area contributed by atoms with Crippen molar-refractivity contribution >= 4 is 208 Å². The van der Waals surface area contributed by atoms with E-state index in [-0.39, 0.29) is 51.7 Å². The van der Waals surface area contributed by atoms with Crippen LogP contribution in [0, 0.1) is 27.7 Å².